The first-order valence-corrected chi connectivity index (χ1v) is 13.1. The topological polar surface area (TPSA) is 0 Å². The van der Waals surface area contributed by atoms with Crippen molar-refractivity contribution in [1.29, 1.82) is 0 Å². The highest BCUT2D eigenvalue weighted by Gasteiger charge is 2.13. The average molecular weight is 513 g/mol. The molecule has 0 aliphatic rings. The minimum atomic E-state index is 0. The molecule has 0 aromatic carbocycles. The molecule has 0 amide bonds. The lowest BCUT2D eigenvalue weighted by Gasteiger charge is -2.30. The van der Waals surface area contributed by atoms with Gasteiger partial charge in [-0.2, -0.15) is 0 Å². The molecule has 0 radical (unpaired) electrons. The largest absolute Gasteiger partial charge is 1.00 e. The standard InChI is InChI=1S/C24H51BrN.BrH/c1-4-5-6-7-8-9-11-14-17-20-23-26(2,3)24-21-18-15-12-10-13-16-19-22-25;/h4-24H2,1-3H3;1H/q+1;/p-1. The lowest BCUT2D eigenvalue weighted by molar-refractivity contribution is -0.890. The zero-order valence-corrected chi connectivity index (χ0v) is 22.2. The summed E-state index contributed by atoms with van der Waals surface area (Å²) < 4.78 is 1.24. The highest BCUT2D eigenvalue weighted by Crippen LogP contribution is 2.13. The SMILES string of the molecule is CCCCCCCCCCCC[N+](C)(C)CCCCCCCCCCBr.[Br-]. The Bertz CT molecular complexity index is 269. The maximum Gasteiger partial charge on any atom is 0.0782 e. The lowest BCUT2D eigenvalue weighted by Crippen LogP contribution is -3.00. The molecule has 0 aromatic heterocycles. The van der Waals surface area contributed by atoms with E-state index in [0.717, 1.165) is 0 Å². The second-order valence-corrected chi connectivity index (χ2v) is 9.88. The number of unbranched alkanes of at least 4 members (excludes halogenated alkanes) is 16. The zero-order chi connectivity index (χ0) is 19.3. The van der Waals surface area contributed by atoms with Crippen molar-refractivity contribution in [2.75, 3.05) is 32.5 Å². The van der Waals surface area contributed by atoms with Crippen molar-refractivity contribution < 1.29 is 21.5 Å². The second kappa shape index (κ2) is 23.2. The Balaban J connectivity index is 0. The van der Waals surface area contributed by atoms with Gasteiger partial charge in [0, 0.05) is 5.33 Å². The summed E-state index contributed by atoms with van der Waals surface area (Å²) in [7, 11) is 4.88. The fourth-order valence-corrected chi connectivity index (χ4v) is 4.23. The van der Waals surface area contributed by atoms with Gasteiger partial charge in [0.05, 0.1) is 27.2 Å². The molecule has 166 valence electrons. The molecule has 27 heavy (non-hydrogen) atoms. The van der Waals surface area contributed by atoms with Crippen molar-refractivity contribution in [3.05, 3.63) is 0 Å². The maximum absolute atomic E-state index is 3.51. The fourth-order valence-electron chi connectivity index (χ4n) is 3.83. The molecule has 0 saturated heterocycles. The van der Waals surface area contributed by atoms with Gasteiger partial charge in [-0.1, -0.05) is 106 Å². The van der Waals surface area contributed by atoms with E-state index in [1.165, 1.54) is 138 Å². The number of hydrogen-bond acceptors (Lipinski definition) is 0. The highest BCUT2D eigenvalue weighted by atomic mass is 79.9. The molecule has 0 heterocycles. The first-order chi connectivity index (χ1) is 12.6. The second-order valence-electron chi connectivity index (χ2n) is 9.08. The molecule has 0 fully saturated rings. The summed E-state index contributed by atoms with van der Waals surface area (Å²) in [5.74, 6) is 0. The van der Waals surface area contributed by atoms with Crippen molar-refractivity contribution in [2.45, 2.75) is 122 Å². The highest BCUT2D eigenvalue weighted by molar-refractivity contribution is 9.09. The van der Waals surface area contributed by atoms with Crippen molar-refractivity contribution in [2.24, 2.45) is 0 Å². The van der Waals surface area contributed by atoms with Crippen LogP contribution < -0.4 is 17.0 Å². The maximum atomic E-state index is 3.51. The van der Waals surface area contributed by atoms with Crippen molar-refractivity contribution in [3.8, 4) is 0 Å². The predicted molar refractivity (Wildman–Crippen MR) is 124 cm³/mol. The van der Waals surface area contributed by atoms with Crippen molar-refractivity contribution in [1.82, 2.24) is 0 Å². The minimum Gasteiger partial charge on any atom is -1.00 e. The third kappa shape index (κ3) is 24.9. The van der Waals surface area contributed by atoms with Gasteiger partial charge in [-0.15, -0.1) is 0 Å². The molecule has 0 N–H and O–H groups in total. The first kappa shape index (κ1) is 30.1. The normalized spacial score (nSPS) is 11.6. The summed E-state index contributed by atoms with van der Waals surface area (Å²) in [5.41, 5.74) is 0. The lowest BCUT2D eigenvalue weighted by atomic mass is 10.1. The van der Waals surface area contributed by atoms with Gasteiger partial charge in [0.2, 0.25) is 0 Å². The molecule has 0 aromatic rings. The molecule has 0 atom stereocenters. The molecule has 0 rings (SSSR count). The van der Waals surface area contributed by atoms with E-state index < -0.39 is 0 Å². The van der Waals surface area contributed by atoms with Crippen LogP contribution in [0.1, 0.15) is 122 Å². The summed E-state index contributed by atoms with van der Waals surface area (Å²) >= 11 is 3.51. The van der Waals surface area contributed by atoms with Crippen LogP contribution in [-0.4, -0.2) is 37.0 Å². The number of halogens is 2. The summed E-state index contributed by atoms with van der Waals surface area (Å²) in [4.78, 5) is 0. The Morgan fingerprint density at radius 1 is 0.481 bits per heavy atom. The van der Waals surface area contributed by atoms with E-state index in [1.807, 2.05) is 0 Å². The quantitative estimate of drug-likeness (QED) is 0.108. The van der Waals surface area contributed by atoms with E-state index >= 15 is 0 Å². The average Bonchev–Trinajstić information content (AvgIpc) is 2.62. The Labute approximate surface area is 191 Å². The zero-order valence-electron chi connectivity index (χ0n) is 19.1. The molecule has 3 heteroatoms. The fraction of sp³-hybridized carbons (Fsp3) is 1.00. The van der Waals surface area contributed by atoms with Crippen LogP contribution in [0, 0.1) is 0 Å². The Morgan fingerprint density at radius 2 is 0.778 bits per heavy atom. The van der Waals surface area contributed by atoms with Crippen LogP contribution in [0.25, 0.3) is 0 Å². The summed E-state index contributed by atoms with van der Waals surface area (Å²) in [6.45, 7) is 5.05. The van der Waals surface area contributed by atoms with Crippen LogP contribution in [0.15, 0.2) is 0 Å². The molecule has 0 aliphatic carbocycles. The van der Waals surface area contributed by atoms with E-state index in [2.05, 4.69) is 36.9 Å². The third-order valence-electron chi connectivity index (χ3n) is 5.76. The minimum absolute atomic E-state index is 0. The van der Waals surface area contributed by atoms with Gasteiger partial charge in [0.1, 0.15) is 0 Å². The molecule has 1 nitrogen and oxygen atoms in total. The number of hydrogen-bond donors (Lipinski definition) is 0. The van der Waals surface area contributed by atoms with E-state index in [4.69, 9.17) is 0 Å². The Morgan fingerprint density at radius 3 is 1.11 bits per heavy atom. The van der Waals surface area contributed by atoms with Gasteiger partial charge in [-0.05, 0) is 32.1 Å². The molecule has 0 aliphatic heterocycles. The summed E-state index contributed by atoms with van der Waals surface area (Å²) in [6.07, 6.45) is 25.9. The molecule has 0 bridgehead atoms. The van der Waals surface area contributed by atoms with Crippen LogP contribution in [0.5, 0.6) is 0 Å². The summed E-state index contributed by atoms with van der Waals surface area (Å²) in [5, 5.41) is 1.18. The summed E-state index contributed by atoms with van der Waals surface area (Å²) in [6, 6.07) is 0. The Hall–Kier alpha value is 0.920. The van der Waals surface area contributed by atoms with Crippen LogP contribution >= 0.6 is 15.9 Å². The molecular formula is C24H51Br2N. The molecular weight excluding hydrogens is 462 g/mol. The number of rotatable bonds is 21. The van der Waals surface area contributed by atoms with Crippen molar-refractivity contribution >= 4 is 15.9 Å². The predicted octanol–water partition coefficient (Wildman–Crippen LogP) is 5.50. The van der Waals surface area contributed by atoms with Crippen LogP contribution in [0.3, 0.4) is 0 Å². The molecule has 0 unspecified atom stereocenters. The van der Waals surface area contributed by atoms with E-state index in [0.29, 0.717) is 0 Å². The monoisotopic (exact) mass is 511 g/mol. The van der Waals surface area contributed by atoms with Gasteiger partial charge in [-0.3, -0.25) is 0 Å². The Kier molecular flexibility index (Phi) is 25.9. The van der Waals surface area contributed by atoms with Crippen LogP contribution in [0.4, 0.5) is 0 Å². The van der Waals surface area contributed by atoms with E-state index in [1.54, 1.807) is 0 Å². The van der Waals surface area contributed by atoms with Gasteiger partial charge in [0.15, 0.2) is 0 Å². The van der Waals surface area contributed by atoms with E-state index in [-0.39, 0.29) is 17.0 Å². The number of nitrogens with zero attached hydrogens (tertiary/aromatic N) is 1. The van der Waals surface area contributed by atoms with Crippen molar-refractivity contribution in [3.63, 3.8) is 0 Å². The van der Waals surface area contributed by atoms with E-state index in [9.17, 15) is 0 Å². The molecule has 0 spiro atoms. The van der Waals surface area contributed by atoms with Crippen LogP contribution in [-0.2, 0) is 0 Å². The van der Waals surface area contributed by atoms with Crippen LogP contribution in [0.2, 0.25) is 0 Å². The van der Waals surface area contributed by atoms with Gasteiger partial charge in [0.25, 0.3) is 0 Å². The van der Waals surface area contributed by atoms with Gasteiger partial charge >= 0.3 is 0 Å². The molecule has 0 saturated carbocycles. The third-order valence-corrected chi connectivity index (χ3v) is 6.32. The number of alkyl halides is 1. The van der Waals surface area contributed by atoms with Gasteiger partial charge < -0.3 is 21.5 Å². The van der Waals surface area contributed by atoms with Gasteiger partial charge in [-0.25, -0.2) is 0 Å². The number of quaternary nitrogens is 1. The first-order valence-electron chi connectivity index (χ1n) is 12.0. The smallest absolute Gasteiger partial charge is 0.0782 e.